The van der Waals surface area contributed by atoms with Crippen molar-refractivity contribution in [3.63, 3.8) is 0 Å². The SMILES string of the molecule is CCCCCC[C@@H](CCC)[C@H](CO)NS(=O)(=O)c1ccc(Cl)s1. The van der Waals surface area contributed by atoms with Gasteiger partial charge in [-0.2, -0.15) is 0 Å². The fourth-order valence-electron chi connectivity index (χ4n) is 2.73. The molecule has 7 heteroatoms. The molecule has 0 aliphatic carbocycles. The summed E-state index contributed by atoms with van der Waals surface area (Å²) in [7, 11) is -3.63. The van der Waals surface area contributed by atoms with E-state index in [-0.39, 0.29) is 16.7 Å². The highest BCUT2D eigenvalue weighted by molar-refractivity contribution is 7.91. The number of rotatable bonds is 12. The molecule has 2 atom stereocenters. The normalized spacial score (nSPS) is 14.8. The fourth-order valence-corrected chi connectivity index (χ4v) is 5.53. The first-order valence-corrected chi connectivity index (χ1v) is 11.0. The maximum absolute atomic E-state index is 12.4. The third-order valence-electron chi connectivity index (χ3n) is 3.97. The zero-order valence-electron chi connectivity index (χ0n) is 13.9. The van der Waals surface area contributed by atoms with E-state index in [2.05, 4.69) is 18.6 Å². The summed E-state index contributed by atoms with van der Waals surface area (Å²) >= 11 is 6.85. The van der Waals surface area contributed by atoms with E-state index >= 15 is 0 Å². The van der Waals surface area contributed by atoms with Gasteiger partial charge in [0, 0.05) is 6.04 Å². The van der Waals surface area contributed by atoms with Crippen LogP contribution >= 0.6 is 22.9 Å². The van der Waals surface area contributed by atoms with E-state index in [4.69, 9.17) is 11.6 Å². The Hall–Kier alpha value is -0.140. The maximum Gasteiger partial charge on any atom is 0.250 e. The van der Waals surface area contributed by atoms with E-state index in [1.54, 1.807) is 6.07 Å². The van der Waals surface area contributed by atoms with Crippen LogP contribution in [-0.4, -0.2) is 26.2 Å². The average molecular weight is 382 g/mol. The predicted octanol–water partition coefficient (Wildman–Crippen LogP) is 4.43. The minimum Gasteiger partial charge on any atom is -0.395 e. The van der Waals surface area contributed by atoms with Gasteiger partial charge in [0.2, 0.25) is 10.0 Å². The third-order valence-corrected chi connectivity index (χ3v) is 7.19. The second-order valence-corrected chi connectivity index (χ2v) is 9.52. The Balaban J connectivity index is 2.73. The van der Waals surface area contributed by atoms with E-state index in [0.717, 1.165) is 43.4 Å². The van der Waals surface area contributed by atoms with Crippen molar-refractivity contribution < 1.29 is 13.5 Å². The van der Waals surface area contributed by atoms with Crippen LogP contribution in [0.15, 0.2) is 16.3 Å². The molecule has 0 amide bonds. The number of sulfonamides is 1. The molecule has 0 bridgehead atoms. The van der Waals surface area contributed by atoms with E-state index in [0.29, 0.717) is 4.34 Å². The summed E-state index contributed by atoms with van der Waals surface area (Å²) in [5, 5.41) is 9.69. The lowest BCUT2D eigenvalue weighted by Crippen LogP contribution is -2.42. The predicted molar refractivity (Wildman–Crippen MR) is 97.7 cm³/mol. The first-order chi connectivity index (χ1) is 10.9. The fraction of sp³-hybridized carbons (Fsp3) is 0.750. The minimum atomic E-state index is -3.63. The number of hydrogen-bond acceptors (Lipinski definition) is 4. The van der Waals surface area contributed by atoms with Crippen LogP contribution in [0.2, 0.25) is 4.34 Å². The topological polar surface area (TPSA) is 66.4 Å². The molecule has 1 rings (SSSR count). The highest BCUT2D eigenvalue weighted by Gasteiger charge is 2.27. The van der Waals surface area contributed by atoms with Crippen molar-refractivity contribution in [1.82, 2.24) is 4.72 Å². The maximum atomic E-state index is 12.4. The molecular weight excluding hydrogens is 354 g/mol. The Morgan fingerprint density at radius 2 is 1.91 bits per heavy atom. The summed E-state index contributed by atoms with van der Waals surface area (Å²) in [5.74, 6) is 0.159. The van der Waals surface area contributed by atoms with E-state index in [9.17, 15) is 13.5 Å². The lowest BCUT2D eigenvalue weighted by Gasteiger charge is -2.26. The minimum absolute atomic E-state index is 0.159. The number of thiophene rings is 1. The van der Waals surface area contributed by atoms with Gasteiger partial charge in [-0.1, -0.05) is 57.6 Å². The first kappa shape index (κ1) is 20.9. The van der Waals surface area contributed by atoms with Crippen LogP contribution in [-0.2, 0) is 10.0 Å². The Labute approximate surface area is 149 Å². The standard InChI is InChI=1S/C16H28ClNO3S2/c1-3-5-6-7-9-13(8-4-2)14(12-19)18-23(20,21)16-11-10-15(17)22-16/h10-11,13-14,18-19H,3-9,12H2,1-2H3/t13-,14+/m1/s1. The molecule has 23 heavy (non-hydrogen) atoms. The summed E-state index contributed by atoms with van der Waals surface area (Å²) in [6.07, 6.45) is 7.42. The highest BCUT2D eigenvalue weighted by Crippen LogP contribution is 2.27. The number of aliphatic hydroxyl groups excluding tert-OH is 1. The number of aliphatic hydroxyl groups is 1. The van der Waals surface area contributed by atoms with Crippen molar-refractivity contribution in [2.24, 2.45) is 5.92 Å². The Bertz CT molecular complexity index is 545. The number of unbranched alkanes of at least 4 members (excludes halogenated alkanes) is 3. The molecule has 0 aliphatic rings. The van der Waals surface area contributed by atoms with Crippen molar-refractivity contribution in [3.8, 4) is 0 Å². The van der Waals surface area contributed by atoms with Crippen LogP contribution < -0.4 is 4.72 Å². The van der Waals surface area contributed by atoms with E-state index < -0.39 is 16.1 Å². The van der Waals surface area contributed by atoms with Crippen molar-refractivity contribution in [1.29, 1.82) is 0 Å². The number of halogens is 1. The van der Waals surface area contributed by atoms with Gasteiger partial charge in [-0.25, -0.2) is 13.1 Å². The van der Waals surface area contributed by atoms with Crippen LogP contribution in [0.4, 0.5) is 0 Å². The van der Waals surface area contributed by atoms with Gasteiger partial charge in [-0.05, 0) is 30.9 Å². The van der Waals surface area contributed by atoms with Gasteiger partial charge in [0.25, 0.3) is 0 Å². The van der Waals surface area contributed by atoms with Gasteiger partial charge in [-0.15, -0.1) is 11.3 Å². The molecule has 1 aromatic rings. The largest absolute Gasteiger partial charge is 0.395 e. The van der Waals surface area contributed by atoms with Gasteiger partial charge in [0.1, 0.15) is 4.21 Å². The zero-order valence-corrected chi connectivity index (χ0v) is 16.3. The van der Waals surface area contributed by atoms with E-state index in [1.807, 2.05) is 0 Å². The van der Waals surface area contributed by atoms with Crippen LogP contribution in [0.25, 0.3) is 0 Å². The van der Waals surface area contributed by atoms with Gasteiger partial charge in [0.15, 0.2) is 0 Å². The quantitative estimate of drug-likeness (QED) is 0.526. The van der Waals surface area contributed by atoms with Gasteiger partial charge < -0.3 is 5.11 Å². The Morgan fingerprint density at radius 3 is 2.43 bits per heavy atom. The molecule has 134 valence electrons. The second-order valence-electron chi connectivity index (χ2n) is 5.87. The molecule has 0 unspecified atom stereocenters. The van der Waals surface area contributed by atoms with Crippen molar-refractivity contribution in [2.75, 3.05) is 6.61 Å². The van der Waals surface area contributed by atoms with Crippen LogP contribution in [0, 0.1) is 5.92 Å². The molecule has 0 radical (unpaired) electrons. The third kappa shape index (κ3) is 7.10. The monoisotopic (exact) mass is 381 g/mol. The molecule has 0 saturated heterocycles. The van der Waals surface area contributed by atoms with Crippen molar-refractivity contribution >= 4 is 33.0 Å². The molecule has 0 spiro atoms. The molecule has 4 nitrogen and oxygen atoms in total. The summed E-state index contributed by atoms with van der Waals surface area (Å²) in [6.45, 7) is 4.07. The first-order valence-electron chi connectivity index (χ1n) is 8.33. The van der Waals surface area contributed by atoms with Crippen molar-refractivity contribution in [3.05, 3.63) is 16.5 Å². The van der Waals surface area contributed by atoms with E-state index in [1.165, 1.54) is 18.9 Å². The molecule has 2 N–H and O–H groups in total. The summed E-state index contributed by atoms with van der Waals surface area (Å²) in [4.78, 5) is 0. The molecule has 0 fully saturated rings. The molecule has 0 aliphatic heterocycles. The molecule has 1 heterocycles. The summed E-state index contributed by atoms with van der Waals surface area (Å²) in [5.41, 5.74) is 0. The van der Waals surface area contributed by atoms with Gasteiger partial charge in [0.05, 0.1) is 10.9 Å². The zero-order chi connectivity index (χ0) is 17.3. The molecule has 0 saturated carbocycles. The summed E-state index contributed by atoms with van der Waals surface area (Å²) < 4.78 is 28.2. The van der Waals surface area contributed by atoms with Crippen LogP contribution in [0.1, 0.15) is 58.8 Å². The second kappa shape index (κ2) is 10.7. The molecule has 0 aromatic carbocycles. The molecule has 1 aromatic heterocycles. The smallest absolute Gasteiger partial charge is 0.250 e. The lowest BCUT2D eigenvalue weighted by molar-refractivity contribution is 0.200. The average Bonchev–Trinajstić information content (AvgIpc) is 2.96. The molecular formula is C16H28ClNO3S2. The lowest BCUT2D eigenvalue weighted by atomic mass is 9.90. The Kier molecular flexibility index (Phi) is 9.70. The highest BCUT2D eigenvalue weighted by atomic mass is 35.5. The van der Waals surface area contributed by atoms with Gasteiger partial charge >= 0.3 is 0 Å². The van der Waals surface area contributed by atoms with Crippen LogP contribution in [0.3, 0.4) is 0 Å². The number of nitrogens with one attached hydrogen (secondary N) is 1. The van der Waals surface area contributed by atoms with Crippen molar-refractivity contribution in [2.45, 2.75) is 69.0 Å². The summed E-state index contributed by atoms with van der Waals surface area (Å²) in [6, 6.07) is 2.63. The van der Waals surface area contributed by atoms with Crippen LogP contribution in [0.5, 0.6) is 0 Å². The number of hydrogen-bond donors (Lipinski definition) is 2. The van der Waals surface area contributed by atoms with Gasteiger partial charge in [-0.3, -0.25) is 0 Å². The Morgan fingerprint density at radius 1 is 1.17 bits per heavy atom.